The van der Waals surface area contributed by atoms with Gasteiger partial charge >= 0.3 is 6.09 Å². The highest BCUT2D eigenvalue weighted by molar-refractivity contribution is 6.30. The highest BCUT2D eigenvalue weighted by Crippen LogP contribution is 2.27. The molecule has 1 saturated heterocycles. The van der Waals surface area contributed by atoms with Crippen molar-refractivity contribution in [1.82, 2.24) is 25.0 Å². The molecule has 12 heteroatoms. The maximum Gasteiger partial charge on any atom is 0.416 e. The molecule has 1 aliphatic heterocycles. The number of carbonyl (C=O) groups is 1. The maximum absolute atomic E-state index is 12.2. The van der Waals surface area contributed by atoms with E-state index in [-0.39, 0.29) is 29.6 Å². The van der Waals surface area contributed by atoms with Crippen LogP contribution in [0.5, 0.6) is 0 Å². The van der Waals surface area contributed by atoms with E-state index < -0.39 is 18.2 Å². The summed E-state index contributed by atoms with van der Waals surface area (Å²) in [7, 11) is 0. The third-order valence-electron chi connectivity index (χ3n) is 4.78. The lowest BCUT2D eigenvalue weighted by Gasteiger charge is -2.23. The summed E-state index contributed by atoms with van der Waals surface area (Å²) in [6.45, 7) is 3.50. The standard InChI is InChI=1S/C19H19Cl2N7O3/c1-10(14-8-27(26-25-14)13-5-3-12(20)4-6-13)22-18-23-16(21)7-17(24-18)28-15(11(2)29)9-31-19(28)30/h3-8,10-11,15,29H,9H2,1-2H3,(H,22,23,24)/t10-,11+,15?/m0/s1. The van der Waals surface area contributed by atoms with Crippen LogP contribution in [-0.2, 0) is 4.74 Å². The van der Waals surface area contributed by atoms with Gasteiger partial charge < -0.3 is 15.2 Å². The van der Waals surface area contributed by atoms with Gasteiger partial charge in [0.15, 0.2) is 0 Å². The Kier molecular flexibility index (Phi) is 5.94. The molecule has 4 rings (SSSR count). The topological polar surface area (TPSA) is 118 Å². The second-order valence-corrected chi connectivity index (χ2v) is 7.88. The summed E-state index contributed by atoms with van der Waals surface area (Å²) in [6.07, 6.45) is 0.359. The van der Waals surface area contributed by atoms with E-state index in [0.29, 0.717) is 10.7 Å². The summed E-state index contributed by atoms with van der Waals surface area (Å²) >= 11 is 12.1. The Bertz CT molecular complexity index is 1090. The number of rotatable bonds is 6. The number of hydrogen-bond acceptors (Lipinski definition) is 8. The first-order valence-electron chi connectivity index (χ1n) is 9.45. The van der Waals surface area contributed by atoms with Crippen LogP contribution in [0.3, 0.4) is 0 Å². The molecule has 3 heterocycles. The Hall–Kier alpha value is -2.95. The Morgan fingerprint density at radius 3 is 2.68 bits per heavy atom. The van der Waals surface area contributed by atoms with Crippen molar-refractivity contribution < 1.29 is 14.6 Å². The normalized spacial score (nSPS) is 18.0. The average Bonchev–Trinajstić information content (AvgIpc) is 3.35. The van der Waals surface area contributed by atoms with Crippen LogP contribution < -0.4 is 10.2 Å². The van der Waals surface area contributed by atoms with Gasteiger partial charge in [-0.05, 0) is 38.1 Å². The highest BCUT2D eigenvalue weighted by Gasteiger charge is 2.38. The van der Waals surface area contributed by atoms with E-state index in [2.05, 4.69) is 25.6 Å². The summed E-state index contributed by atoms with van der Waals surface area (Å²) in [5.41, 5.74) is 1.45. The Morgan fingerprint density at radius 1 is 1.23 bits per heavy atom. The summed E-state index contributed by atoms with van der Waals surface area (Å²) in [4.78, 5) is 22.0. The van der Waals surface area contributed by atoms with E-state index >= 15 is 0 Å². The number of anilines is 2. The zero-order valence-corrected chi connectivity index (χ0v) is 18.1. The number of ether oxygens (including phenoxy) is 1. The number of nitrogens with zero attached hydrogens (tertiary/aromatic N) is 6. The van der Waals surface area contributed by atoms with Gasteiger partial charge in [0.05, 0.1) is 24.0 Å². The first kappa shape index (κ1) is 21.3. The highest BCUT2D eigenvalue weighted by atomic mass is 35.5. The molecule has 0 spiro atoms. The first-order chi connectivity index (χ1) is 14.8. The lowest BCUT2D eigenvalue weighted by molar-refractivity contribution is 0.142. The smallest absolute Gasteiger partial charge is 0.416 e. The SMILES string of the molecule is C[C@H](Nc1nc(Cl)cc(N2C(=O)OCC2[C@@H](C)O)n1)c1cn(-c2ccc(Cl)cc2)nn1. The summed E-state index contributed by atoms with van der Waals surface area (Å²) < 4.78 is 6.68. The van der Waals surface area contributed by atoms with Gasteiger partial charge in [-0.1, -0.05) is 28.4 Å². The third-order valence-corrected chi connectivity index (χ3v) is 5.23. The van der Waals surface area contributed by atoms with Crippen LogP contribution in [0, 0.1) is 0 Å². The zero-order chi connectivity index (χ0) is 22.1. The fraction of sp³-hybridized carbons (Fsp3) is 0.316. The van der Waals surface area contributed by atoms with Gasteiger partial charge in [-0.2, -0.15) is 4.98 Å². The number of carbonyl (C=O) groups excluding carboxylic acids is 1. The number of cyclic esters (lactones) is 1. The van der Waals surface area contributed by atoms with Crippen LogP contribution >= 0.6 is 23.2 Å². The molecule has 2 N–H and O–H groups in total. The number of amides is 1. The number of nitrogens with one attached hydrogen (secondary N) is 1. The van der Waals surface area contributed by atoms with Crippen LogP contribution in [0.1, 0.15) is 25.6 Å². The van der Waals surface area contributed by atoms with Gasteiger partial charge in [0.2, 0.25) is 5.95 Å². The van der Waals surface area contributed by atoms with Gasteiger partial charge in [0.1, 0.15) is 29.3 Å². The molecule has 0 aliphatic carbocycles. The molecule has 0 radical (unpaired) electrons. The van der Waals surface area contributed by atoms with Crippen molar-refractivity contribution in [3.63, 3.8) is 0 Å². The predicted molar refractivity (Wildman–Crippen MR) is 115 cm³/mol. The molecule has 1 fully saturated rings. The fourth-order valence-electron chi connectivity index (χ4n) is 3.11. The summed E-state index contributed by atoms with van der Waals surface area (Å²) in [5.74, 6) is 0.424. The molecule has 31 heavy (non-hydrogen) atoms. The quantitative estimate of drug-likeness (QED) is 0.534. The van der Waals surface area contributed by atoms with Crippen LogP contribution in [0.2, 0.25) is 10.2 Å². The lowest BCUT2D eigenvalue weighted by Crippen LogP contribution is -2.41. The van der Waals surface area contributed by atoms with Crippen molar-refractivity contribution >= 4 is 41.1 Å². The average molecular weight is 464 g/mol. The predicted octanol–water partition coefficient (Wildman–Crippen LogP) is 3.24. The first-order valence-corrected chi connectivity index (χ1v) is 10.2. The molecule has 3 atom stereocenters. The van der Waals surface area contributed by atoms with Crippen LogP contribution in [0.25, 0.3) is 5.69 Å². The zero-order valence-electron chi connectivity index (χ0n) is 16.6. The van der Waals surface area contributed by atoms with E-state index in [4.69, 9.17) is 27.9 Å². The molecule has 2 aromatic heterocycles. The third kappa shape index (κ3) is 4.55. The Labute approximate surface area is 187 Å². The van der Waals surface area contributed by atoms with Gasteiger partial charge in [-0.25, -0.2) is 14.5 Å². The second-order valence-electron chi connectivity index (χ2n) is 7.06. The maximum atomic E-state index is 12.2. The number of aliphatic hydroxyl groups excluding tert-OH is 1. The second kappa shape index (κ2) is 8.66. The number of benzene rings is 1. The van der Waals surface area contributed by atoms with Gasteiger partial charge in [0, 0.05) is 11.1 Å². The van der Waals surface area contributed by atoms with E-state index in [9.17, 15) is 9.90 Å². The molecule has 1 unspecified atom stereocenters. The molecular weight excluding hydrogens is 445 g/mol. The Morgan fingerprint density at radius 2 is 1.97 bits per heavy atom. The molecule has 1 aliphatic rings. The number of halogens is 2. The number of aliphatic hydroxyl groups is 1. The molecule has 1 amide bonds. The van der Waals surface area contributed by atoms with E-state index in [1.807, 2.05) is 19.1 Å². The summed E-state index contributed by atoms with van der Waals surface area (Å²) in [5, 5.41) is 22.2. The van der Waals surface area contributed by atoms with Crippen molar-refractivity contribution in [2.75, 3.05) is 16.8 Å². The number of aromatic nitrogens is 5. The number of hydrogen-bond donors (Lipinski definition) is 2. The van der Waals surface area contributed by atoms with Crippen molar-refractivity contribution in [3.8, 4) is 5.69 Å². The van der Waals surface area contributed by atoms with Crippen LogP contribution in [-0.4, -0.2) is 54.9 Å². The fourth-order valence-corrected chi connectivity index (χ4v) is 3.41. The van der Waals surface area contributed by atoms with Crippen molar-refractivity contribution in [3.05, 3.63) is 52.4 Å². The van der Waals surface area contributed by atoms with Gasteiger partial charge in [-0.15, -0.1) is 5.10 Å². The molecule has 162 valence electrons. The minimum absolute atomic E-state index is 0.0606. The van der Waals surface area contributed by atoms with E-state index in [1.165, 1.54) is 11.0 Å². The molecule has 1 aromatic carbocycles. The Balaban J connectivity index is 1.54. The molecule has 0 saturated carbocycles. The van der Waals surface area contributed by atoms with Crippen molar-refractivity contribution in [1.29, 1.82) is 0 Å². The summed E-state index contributed by atoms with van der Waals surface area (Å²) in [6, 6.07) is 7.76. The van der Waals surface area contributed by atoms with Crippen LogP contribution in [0.15, 0.2) is 36.5 Å². The monoisotopic (exact) mass is 463 g/mol. The van der Waals surface area contributed by atoms with Crippen LogP contribution in [0.4, 0.5) is 16.6 Å². The largest absolute Gasteiger partial charge is 0.447 e. The van der Waals surface area contributed by atoms with Crippen molar-refractivity contribution in [2.45, 2.75) is 32.0 Å². The minimum atomic E-state index is -0.807. The lowest BCUT2D eigenvalue weighted by atomic mass is 10.2. The molecular formula is C19H19Cl2N7O3. The molecule has 10 nitrogen and oxygen atoms in total. The minimum Gasteiger partial charge on any atom is -0.447 e. The van der Waals surface area contributed by atoms with E-state index in [0.717, 1.165) is 5.69 Å². The van der Waals surface area contributed by atoms with Crippen molar-refractivity contribution in [2.24, 2.45) is 0 Å². The van der Waals surface area contributed by atoms with Gasteiger partial charge in [0.25, 0.3) is 0 Å². The molecule has 3 aromatic rings. The molecule has 0 bridgehead atoms. The van der Waals surface area contributed by atoms with E-state index in [1.54, 1.807) is 29.9 Å². The van der Waals surface area contributed by atoms with Gasteiger partial charge in [-0.3, -0.25) is 4.90 Å².